The lowest BCUT2D eigenvalue weighted by Gasteiger charge is -2.04. The maximum Gasteiger partial charge on any atom is 0.345 e. The van der Waals surface area contributed by atoms with Crippen LogP contribution >= 0.6 is 0 Å². The summed E-state index contributed by atoms with van der Waals surface area (Å²) in [6.45, 7) is 0.170. The molecule has 1 heterocycles. The second-order valence-corrected chi connectivity index (χ2v) is 3.53. The molecule has 0 aliphatic rings. The van der Waals surface area contributed by atoms with Crippen molar-refractivity contribution in [1.82, 2.24) is 14.3 Å². The quantitative estimate of drug-likeness (QED) is 0.746. The van der Waals surface area contributed by atoms with Crippen molar-refractivity contribution in [1.29, 1.82) is 0 Å². The lowest BCUT2D eigenvalue weighted by Crippen LogP contribution is -2.23. The van der Waals surface area contributed by atoms with Crippen molar-refractivity contribution >= 4 is 5.69 Å². The van der Waals surface area contributed by atoms with Gasteiger partial charge in [0.05, 0.1) is 6.54 Å². The summed E-state index contributed by atoms with van der Waals surface area (Å²) in [4.78, 5) is 11.5. The number of benzene rings is 1. The number of aryl methyl sites for hydroxylation is 1. The number of hydrogen-bond acceptors (Lipinski definition) is 3. The van der Waals surface area contributed by atoms with Crippen molar-refractivity contribution in [2.24, 2.45) is 7.05 Å². The van der Waals surface area contributed by atoms with Crippen LogP contribution in [0.5, 0.6) is 0 Å². The molecule has 2 rings (SSSR count). The third-order valence-electron chi connectivity index (χ3n) is 2.31. The van der Waals surface area contributed by atoms with E-state index < -0.39 is 0 Å². The fraction of sp³-hybridized carbons (Fsp3) is 0.200. The summed E-state index contributed by atoms with van der Waals surface area (Å²) < 4.78 is 15.6. The van der Waals surface area contributed by atoms with Crippen molar-refractivity contribution < 1.29 is 4.39 Å². The Morgan fingerprint density at radius 2 is 2.25 bits per heavy atom. The normalized spacial score (nSPS) is 10.6. The number of anilines is 1. The highest BCUT2D eigenvalue weighted by molar-refractivity contribution is 5.46. The monoisotopic (exact) mass is 222 g/mol. The van der Waals surface area contributed by atoms with Crippen LogP contribution in [0, 0.1) is 5.82 Å². The fourth-order valence-electron chi connectivity index (χ4n) is 1.40. The van der Waals surface area contributed by atoms with Gasteiger partial charge in [-0.25, -0.2) is 13.9 Å². The van der Waals surface area contributed by atoms with Gasteiger partial charge in [0.2, 0.25) is 0 Å². The predicted molar refractivity (Wildman–Crippen MR) is 57.4 cm³/mol. The highest BCUT2D eigenvalue weighted by Gasteiger charge is 2.06. The Morgan fingerprint density at radius 1 is 1.50 bits per heavy atom. The van der Waals surface area contributed by atoms with Crippen molar-refractivity contribution in [3.8, 4) is 0 Å². The molecule has 0 unspecified atom stereocenters. The number of aromatic nitrogens is 3. The van der Waals surface area contributed by atoms with E-state index in [2.05, 4.69) is 5.10 Å². The minimum atomic E-state index is -0.381. The molecule has 6 heteroatoms. The largest absolute Gasteiger partial charge is 0.398 e. The first-order valence-corrected chi connectivity index (χ1v) is 4.70. The molecular formula is C10H11FN4O. The topological polar surface area (TPSA) is 65.8 Å². The first kappa shape index (κ1) is 10.4. The van der Waals surface area contributed by atoms with E-state index in [-0.39, 0.29) is 18.1 Å². The molecule has 0 spiro atoms. The van der Waals surface area contributed by atoms with E-state index in [1.54, 1.807) is 7.05 Å². The Hall–Kier alpha value is -2.11. The van der Waals surface area contributed by atoms with E-state index in [1.165, 1.54) is 33.8 Å². The number of nitrogens with two attached hydrogens (primary N) is 1. The van der Waals surface area contributed by atoms with Gasteiger partial charge in [0.25, 0.3) is 0 Å². The lowest BCUT2D eigenvalue weighted by atomic mass is 10.2. The molecule has 1 aromatic carbocycles. The van der Waals surface area contributed by atoms with Gasteiger partial charge in [0.15, 0.2) is 0 Å². The molecular weight excluding hydrogens is 211 g/mol. The van der Waals surface area contributed by atoms with Crippen LogP contribution in [0.1, 0.15) is 5.56 Å². The minimum Gasteiger partial charge on any atom is -0.398 e. The molecule has 5 nitrogen and oxygen atoms in total. The lowest BCUT2D eigenvalue weighted by molar-refractivity contribution is 0.614. The summed E-state index contributed by atoms with van der Waals surface area (Å²) in [6, 6.07) is 4.05. The molecule has 2 aromatic rings. The fourth-order valence-corrected chi connectivity index (χ4v) is 1.40. The molecule has 0 fully saturated rings. The van der Waals surface area contributed by atoms with Gasteiger partial charge in [-0.2, -0.15) is 5.10 Å². The predicted octanol–water partition coefficient (Wildman–Crippen LogP) is 0.351. The van der Waals surface area contributed by atoms with Crippen LogP contribution in [0.25, 0.3) is 0 Å². The van der Waals surface area contributed by atoms with E-state index in [4.69, 9.17) is 5.73 Å². The van der Waals surface area contributed by atoms with Crippen molar-refractivity contribution in [3.63, 3.8) is 0 Å². The van der Waals surface area contributed by atoms with Crippen LogP contribution < -0.4 is 11.4 Å². The van der Waals surface area contributed by atoms with E-state index >= 15 is 0 Å². The molecule has 0 radical (unpaired) electrons. The SMILES string of the molecule is Cn1cnn(Cc2cc(F)ccc2N)c1=O. The Balaban J connectivity index is 2.37. The molecule has 2 N–H and O–H groups in total. The molecule has 0 amide bonds. The van der Waals surface area contributed by atoms with E-state index in [0.717, 1.165) is 0 Å². The zero-order chi connectivity index (χ0) is 11.7. The smallest absolute Gasteiger partial charge is 0.345 e. The summed E-state index contributed by atoms with van der Waals surface area (Å²) in [7, 11) is 1.60. The number of rotatable bonds is 2. The summed E-state index contributed by atoms with van der Waals surface area (Å²) in [5.74, 6) is -0.381. The summed E-state index contributed by atoms with van der Waals surface area (Å²) >= 11 is 0. The first-order valence-electron chi connectivity index (χ1n) is 4.70. The first-order chi connectivity index (χ1) is 7.58. The van der Waals surface area contributed by atoms with Crippen molar-refractivity contribution in [3.05, 3.63) is 46.4 Å². The Morgan fingerprint density at radius 3 is 2.88 bits per heavy atom. The van der Waals surface area contributed by atoms with Gasteiger partial charge in [-0.3, -0.25) is 4.57 Å². The minimum absolute atomic E-state index is 0.170. The van der Waals surface area contributed by atoms with Gasteiger partial charge in [-0.05, 0) is 23.8 Å². The van der Waals surface area contributed by atoms with Crippen LogP contribution in [-0.2, 0) is 13.6 Å². The van der Waals surface area contributed by atoms with E-state index in [9.17, 15) is 9.18 Å². The Kier molecular flexibility index (Phi) is 2.47. The van der Waals surface area contributed by atoms with Gasteiger partial charge < -0.3 is 5.73 Å². The third kappa shape index (κ3) is 1.81. The van der Waals surface area contributed by atoms with Gasteiger partial charge >= 0.3 is 5.69 Å². The molecule has 16 heavy (non-hydrogen) atoms. The van der Waals surface area contributed by atoms with E-state index in [0.29, 0.717) is 11.3 Å². The van der Waals surface area contributed by atoms with Crippen molar-refractivity contribution in [2.75, 3.05) is 5.73 Å². The highest BCUT2D eigenvalue weighted by Crippen LogP contribution is 2.13. The van der Waals surface area contributed by atoms with Gasteiger partial charge in [-0.15, -0.1) is 0 Å². The maximum atomic E-state index is 13.0. The Labute approximate surface area is 90.9 Å². The zero-order valence-electron chi connectivity index (χ0n) is 8.72. The zero-order valence-corrected chi connectivity index (χ0v) is 8.72. The number of halogens is 1. The standard InChI is InChI=1S/C10H11FN4O/c1-14-6-13-15(10(14)16)5-7-4-8(11)2-3-9(7)12/h2-4,6H,5,12H2,1H3. The molecule has 0 bridgehead atoms. The second kappa shape index (κ2) is 3.80. The van der Waals surface area contributed by atoms with Crippen LogP contribution in [0.3, 0.4) is 0 Å². The van der Waals surface area contributed by atoms with Crippen LogP contribution in [0.4, 0.5) is 10.1 Å². The molecule has 1 aromatic heterocycles. The maximum absolute atomic E-state index is 13.0. The van der Waals surface area contributed by atoms with E-state index in [1.807, 2.05) is 0 Å². The molecule has 0 aliphatic heterocycles. The second-order valence-electron chi connectivity index (χ2n) is 3.53. The molecule has 0 saturated carbocycles. The number of hydrogen-bond donors (Lipinski definition) is 1. The number of nitrogen functional groups attached to an aromatic ring is 1. The number of nitrogens with zero attached hydrogens (tertiary/aromatic N) is 3. The Bertz CT molecular complexity index is 572. The average molecular weight is 222 g/mol. The summed E-state index contributed by atoms with van der Waals surface area (Å²) in [6.07, 6.45) is 1.40. The summed E-state index contributed by atoms with van der Waals surface area (Å²) in [5, 5.41) is 3.87. The van der Waals surface area contributed by atoms with Crippen LogP contribution in [0.2, 0.25) is 0 Å². The van der Waals surface area contributed by atoms with Crippen molar-refractivity contribution in [2.45, 2.75) is 6.54 Å². The van der Waals surface area contributed by atoms with Gasteiger partial charge in [0.1, 0.15) is 12.1 Å². The molecule has 0 atom stereocenters. The highest BCUT2D eigenvalue weighted by atomic mass is 19.1. The molecule has 0 aliphatic carbocycles. The van der Waals surface area contributed by atoms with Crippen LogP contribution in [-0.4, -0.2) is 14.3 Å². The van der Waals surface area contributed by atoms with Crippen LogP contribution in [0.15, 0.2) is 29.3 Å². The molecule has 84 valence electrons. The summed E-state index contributed by atoms with van der Waals surface area (Å²) in [5.41, 5.74) is 6.40. The van der Waals surface area contributed by atoms with Gasteiger partial charge in [-0.1, -0.05) is 0 Å². The van der Waals surface area contributed by atoms with Gasteiger partial charge in [0, 0.05) is 12.7 Å². The average Bonchev–Trinajstić information content (AvgIpc) is 2.55. The molecule has 0 saturated heterocycles. The third-order valence-corrected chi connectivity index (χ3v) is 2.31.